The number of unbranched alkanes of at least 4 members (excludes halogenated alkanes) is 1. The summed E-state index contributed by atoms with van der Waals surface area (Å²) in [4.78, 5) is 12.0. The SMILES string of the molecule is CCCCOc1ccc(C(=O)OCCOc2ccc(OC)cc2)cc1. The van der Waals surface area contributed by atoms with Gasteiger partial charge in [-0.1, -0.05) is 13.3 Å². The number of methoxy groups -OCH3 is 1. The van der Waals surface area contributed by atoms with Gasteiger partial charge in [-0.2, -0.15) is 0 Å². The molecule has 0 aliphatic rings. The molecule has 134 valence electrons. The normalized spacial score (nSPS) is 10.2. The fraction of sp³-hybridized carbons (Fsp3) is 0.350. The Bertz CT molecular complexity index is 634. The van der Waals surface area contributed by atoms with Crippen molar-refractivity contribution in [3.05, 3.63) is 54.1 Å². The molecule has 0 aromatic heterocycles. The van der Waals surface area contributed by atoms with Crippen LogP contribution < -0.4 is 14.2 Å². The van der Waals surface area contributed by atoms with Crippen LogP contribution in [0.2, 0.25) is 0 Å². The van der Waals surface area contributed by atoms with E-state index in [0.29, 0.717) is 17.9 Å². The molecule has 0 fully saturated rings. The van der Waals surface area contributed by atoms with Gasteiger partial charge in [0.2, 0.25) is 0 Å². The van der Waals surface area contributed by atoms with Crippen LogP contribution in [0.15, 0.2) is 48.5 Å². The molecule has 2 aromatic carbocycles. The average molecular weight is 344 g/mol. The van der Waals surface area contributed by atoms with E-state index in [1.807, 2.05) is 12.1 Å². The quantitative estimate of drug-likeness (QED) is 0.479. The first-order valence-electron chi connectivity index (χ1n) is 8.39. The molecular weight excluding hydrogens is 320 g/mol. The first-order valence-corrected chi connectivity index (χ1v) is 8.39. The van der Waals surface area contributed by atoms with Crippen molar-refractivity contribution in [1.82, 2.24) is 0 Å². The minimum Gasteiger partial charge on any atom is -0.497 e. The van der Waals surface area contributed by atoms with Crippen LogP contribution in [-0.4, -0.2) is 32.9 Å². The van der Waals surface area contributed by atoms with Gasteiger partial charge in [0.1, 0.15) is 30.5 Å². The lowest BCUT2D eigenvalue weighted by Gasteiger charge is -2.09. The largest absolute Gasteiger partial charge is 0.497 e. The van der Waals surface area contributed by atoms with E-state index < -0.39 is 0 Å². The van der Waals surface area contributed by atoms with E-state index >= 15 is 0 Å². The molecule has 0 saturated carbocycles. The Morgan fingerprint density at radius 1 is 0.800 bits per heavy atom. The molecular formula is C20H24O5. The first kappa shape index (κ1) is 18.6. The van der Waals surface area contributed by atoms with Crippen molar-refractivity contribution in [3.8, 4) is 17.2 Å². The molecule has 0 N–H and O–H groups in total. The van der Waals surface area contributed by atoms with Crippen molar-refractivity contribution in [2.75, 3.05) is 26.9 Å². The van der Waals surface area contributed by atoms with Crippen molar-refractivity contribution in [1.29, 1.82) is 0 Å². The topological polar surface area (TPSA) is 54.0 Å². The predicted molar refractivity (Wildman–Crippen MR) is 95.6 cm³/mol. The Morgan fingerprint density at radius 2 is 1.36 bits per heavy atom. The lowest BCUT2D eigenvalue weighted by molar-refractivity contribution is 0.0450. The molecule has 0 atom stereocenters. The highest BCUT2D eigenvalue weighted by atomic mass is 16.6. The maximum Gasteiger partial charge on any atom is 0.338 e. The molecule has 2 rings (SSSR count). The van der Waals surface area contributed by atoms with Crippen LogP contribution in [0.5, 0.6) is 17.2 Å². The van der Waals surface area contributed by atoms with Gasteiger partial charge < -0.3 is 18.9 Å². The smallest absolute Gasteiger partial charge is 0.338 e. The van der Waals surface area contributed by atoms with Gasteiger partial charge in [-0.05, 0) is 55.0 Å². The summed E-state index contributed by atoms with van der Waals surface area (Å²) in [6, 6.07) is 14.2. The highest BCUT2D eigenvalue weighted by molar-refractivity contribution is 5.89. The van der Waals surface area contributed by atoms with Gasteiger partial charge in [-0.25, -0.2) is 4.79 Å². The predicted octanol–water partition coefficient (Wildman–Crippen LogP) is 4.11. The molecule has 0 radical (unpaired) electrons. The Kier molecular flexibility index (Phi) is 7.63. The number of benzene rings is 2. The van der Waals surface area contributed by atoms with Gasteiger partial charge in [-0.3, -0.25) is 0 Å². The molecule has 0 aliphatic heterocycles. The summed E-state index contributed by atoms with van der Waals surface area (Å²) < 4.78 is 21.4. The lowest BCUT2D eigenvalue weighted by atomic mass is 10.2. The second kappa shape index (κ2) is 10.2. The monoisotopic (exact) mass is 344 g/mol. The fourth-order valence-corrected chi connectivity index (χ4v) is 2.07. The minimum absolute atomic E-state index is 0.180. The number of carbonyl (C=O) groups excluding carboxylic acids is 1. The van der Waals surface area contributed by atoms with Crippen LogP contribution in [0.1, 0.15) is 30.1 Å². The molecule has 0 spiro atoms. The molecule has 0 bridgehead atoms. The molecule has 2 aromatic rings. The molecule has 0 heterocycles. The van der Waals surface area contributed by atoms with E-state index in [-0.39, 0.29) is 19.2 Å². The van der Waals surface area contributed by atoms with Crippen molar-refractivity contribution in [2.45, 2.75) is 19.8 Å². The zero-order chi connectivity index (χ0) is 17.9. The summed E-state index contributed by atoms with van der Waals surface area (Å²) in [6.07, 6.45) is 2.10. The molecule has 25 heavy (non-hydrogen) atoms. The average Bonchev–Trinajstić information content (AvgIpc) is 2.66. The third kappa shape index (κ3) is 6.37. The van der Waals surface area contributed by atoms with Crippen molar-refractivity contribution in [3.63, 3.8) is 0 Å². The van der Waals surface area contributed by atoms with E-state index in [0.717, 1.165) is 24.3 Å². The summed E-state index contributed by atoms with van der Waals surface area (Å²) in [7, 11) is 1.61. The number of rotatable bonds is 10. The standard InChI is InChI=1S/C20H24O5/c1-3-4-13-23-18-7-5-16(6-8-18)20(21)25-15-14-24-19-11-9-17(22-2)10-12-19/h5-12H,3-4,13-15H2,1-2H3. The van der Waals surface area contributed by atoms with Crippen LogP contribution in [0.25, 0.3) is 0 Å². The zero-order valence-electron chi connectivity index (χ0n) is 14.7. The van der Waals surface area contributed by atoms with Crippen LogP contribution in [0.4, 0.5) is 0 Å². The van der Waals surface area contributed by atoms with Crippen LogP contribution in [-0.2, 0) is 4.74 Å². The van der Waals surface area contributed by atoms with E-state index in [4.69, 9.17) is 18.9 Å². The number of hydrogen-bond acceptors (Lipinski definition) is 5. The molecule has 5 nitrogen and oxygen atoms in total. The van der Waals surface area contributed by atoms with Crippen molar-refractivity contribution in [2.24, 2.45) is 0 Å². The number of esters is 1. The Hall–Kier alpha value is -2.69. The molecule has 0 saturated heterocycles. The van der Waals surface area contributed by atoms with E-state index in [9.17, 15) is 4.79 Å². The van der Waals surface area contributed by atoms with Gasteiger partial charge >= 0.3 is 5.97 Å². The van der Waals surface area contributed by atoms with Gasteiger partial charge in [-0.15, -0.1) is 0 Å². The van der Waals surface area contributed by atoms with Crippen LogP contribution in [0.3, 0.4) is 0 Å². The van der Waals surface area contributed by atoms with Gasteiger partial charge in [0.25, 0.3) is 0 Å². The van der Waals surface area contributed by atoms with E-state index in [1.165, 1.54) is 0 Å². The summed E-state index contributed by atoms with van der Waals surface area (Å²) in [5.74, 6) is 1.85. The van der Waals surface area contributed by atoms with Crippen LogP contribution in [0, 0.1) is 0 Å². The molecule has 0 unspecified atom stereocenters. The molecule has 0 aliphatic carbocycles. The Balaban J connectivity index is 1.70. The summed E-state index contributed by atoms with van der Waals surface area (Å²) >= 11 is 0. The number of ether oxygens (including phenoxy) is 4. The first-order chi connectivity index (χ1) is 12.2. The molecule has 0 amide bonds. The highest BCUT2D eigenvalue weighted by Crippen LogP contribution is 2.17. The fourth-order valence-electron chi connectivity index (χ4n) is 2.07. The third-order valence-corrected chi connectivity index (χ3v) is 3.50. The van der Waals surface area contributed by atoms with E-state index in [2.05, 4.69) is 6.92 Å². The molecule has 5 heteroatoms. The highest BCUT2D eigenvalue weighted by Gasteiger charge is 2.07. The zero-order valence-corrected chi connectivity index (χ0v) is 14.7. The van der Waals surface area contributed by atoms with Gasteiger partial charge in [0.15, 0.2) is 0 Å². The maximum atomic E-state index is 12.0. The summed E-state index contributed by atoms with van der Waals surface area (Å²) in [5, 5.41) is 0. The lowest BCUT2D eigenvalue weighted by Crippen LogP contribution is -2.12. The van der Waals surface area contributed by atoms with Gasteiger partial charge in [0.05, 0.1) is 19.3 Å². The number of hydrogen-bond donors (Lipinski definition) is 0. The summed E-state index contributed by atoms with van der Waals surface area (Å²) in [6.45, 7) is 3.26. The number of carbonyl (C=O) groups is 1. The third-order valence-electron chi connectivity index (χ3n) is 3.50. The Morgan fingerprint density at radius 3 is 1.96 bits per heavy atom. The maximum absolute atomic E-state index is 12.0. The Labute approximate surface area is 148 Å². The van der Waals surface area contributed by atoms with Crippen molar-refractivity contribution < 1.29 is 23.7 Å². The van der Waals surface area contributed by atoms with Crippen molar-refractivity contribution >= 4 is 5.97 Å². The van der Waals surface area contributed by atoms with Gasteiger partial charge in [0, 0.05) is 0 Å². The van der Waals surface area contributed by atoms with E-state index in [1.54, 1.807) is 43.5 Å². The second-order valence-electron chi connectivity index (χ2n) is 5.39. The second-order valence-corrected chi connectivity index (χ2v) is 5.39. The summed E-state index contributed by atoms with van der Waals surface area (Å²) in [5.41, 5.74) is 0.493. The van der Waals surface area contributed by atoms with Crippen LogP contribution >= 0.6 is 0 Å². The minimum atomic E-state index is -0.376.